The maximum absolute atomic E-state index is 12.5. The van der Waals surface area contributed by atoms with Crippen molar-refractivity contribution in [2.75, 3.05) is 26.5 Å². The minimum atomic E-state index is -0.104. The van der Waals surface area contributed by atoms with Gasteiger partial charge in [0.05, 0.1) is 28.4 Å². The fourth-order valence-electron chi connectivity index (χ4n) is 4.15. The molecule has 3 aromatic heterocycles. The van der Waals surface area contributed by atoms with E-state index < -0.39 is 0 Å². The van der Waals surface area contributed by atoms with Crippen LogP contribution in [0, 0.1) is 5.92 Å². The standard InChI is InChI=1S/C21H21N5O3S2/c1-26(2)20(27)10-4-5-11-15(6-10)30-19-17(11)18(22-9-23-19)24-12-8-16-13(7-14(12)29-3)25-21(28)31-16/h7-10H,4-6H2,1-3H3,(H,25,28)(H,22,23,24). The van der Waals surface area contributed by atoms with Crippen molar-refractivity contribution >= 4 is 60.5 Å². The first-order chi connectivity index (χ1) is 14.9. The Hall–Kier alpha value is -2.98. The molecule has 0 saturated carbocycles. The Morgan fingerprint density at radius 3 is 2.90 bits per heavy atom. The summed E-state index contributed by atoms with van der Waals surface area (Å²) < 4.78 is 6.38. The molecule has 1 aliphatic rings. The molecule has 31 heavy (non-hydrogen) atoms. The highest BCUT2D eigenvalue weighted by Gasteiger charge is 2.30. The second-order valence-corrected chi connectivity index (χ2v) is 9.87. The number of thiazole rings is 1. The first kappa shape index (κ1) is 20.0. The van der Waals surface area contributed by atoms with Gasteiger partial charge in [0.25, 0.3) is 0 Å². The third kappa shape index (κ3) is 3.45. The van der Waals surface area contributed by atoms with E-state index in [0.717, 1.165) is 56.7 Å². The fourth-order valence-corrected chi connectivity index (χ4v) is 6.18. The summed E-state index contributed by atoms with van der Waals surface area (Å²) in [4.78, 5) is 39.7. The third-order valence-electron chi connectivity index (χ3n) is 5.63. The molecule has 10 heteroatoms. The fraction of sp³-hybridized carbons (Fsp3) is 0.333. The molecular formula is C21H21N5O3S2. The van der Waals surface area contributed by atoms with Crippen LogP contribution in [0.4, 0.5) is 11.5 Å². The van der Waals surface area contributed by atoms with Gasteiger partial charge in [-0.25, -0.2) is 9.97 Å². The Balaban J connectivity index is 1.56. The summed E-state index contributed by atoms with van der Waals surface area (Å²) in [6.45, 7) is 0. The predicted octanol–water partition coefficient (Wildman–Crippen LogP) is 3.54. The minimum absolute atomic E-state index is 0.0128. The number of fused-ring (bicyclic) bond motifs is 4. The number of aromatic amines is 1. The van der Waals surface area contributed by atoms with Crippen LogP contribution in [-0.4, -0.2) is 47.0 Å². The van der Waals surface area contributed by atoms with Gasteiger partial charge >= 0.3 is 4.87 Å². The average Bonchev–Trinajstić information content (AvgIpc) is 3.31. The summed E-state index contributed by atoms with van der Waals surface area (Å²) in [6, 6.07) is 3.71. The zero-order valence-corrected chi connectivity index (χ0v) is 18.9. The van der Waals surface area contributed by atoms with Crippen molar-refractivity contribution in [2.45, 2.75) is 19.3 Å². The van der Waals surface area contributed by atoms with Crippen LogP contribution in [0.3, 0.4) is 0 Å². The zero-order valence-electron chi connectivity index (χ0n) is 17.3. The highest BCUT2D eigenvalue weighted by Crippen LogP contribution is 2.42. The molecule has 1 unspecified atom stereocenters. The number of nitrogens with one attached hydrogen (secondary N) is 2. The van der Waals surface area contributed by atoms with Crippen molar-refractivity contribution in [3.63, 3.8) is 0 Å². The largest absolute Gasteiger partial charge is 0.494 e. The molecule has 1 atom stereocenters. The number of benzene rings is 1. The molecule has 0 fully saturated rings. The van der Waals surface area contributed by atoms with Gasteiger partial charge in [0.1, 0.15) is 22.7 Å². The Labute approximate surface area is 185 Å². The molecule has 0 bridgehead atoms. The number of ether oxygens (including phenoxy) is 1. The average molecular weight is 456 g/mol. The first-order valence-electron chi connectivity index (χ1n) is 9.89. The second kappa shape index (κ2) is 7.61. The number of aryl methyl sites for hydroxylation is 1. The zero-order chi connectivity index (χ0) is 21.7. The molecule has 160 valence electrons. The molecule has 1 amide bonds. The lowest BCUT2D eigenvalue weighted by Gasteiger charge is -2.24. The van der Waals surface area contributed by atoms with Gasteiger partial charge in [0.2, 0.25) is 5.91 Å². The van der Waals surface area contributed by atoms with E-state index >= 15 is 0 Å². The molecule has 1 aliphatic carbocycles. The number of rotatable bonds is 4. The van der Waals surface area contributed by atoms with Gasteiger partial charge in [-0.1, -0.05) is 11.3 Å². The molecular weight excluding hydrogens is 434 g/mol. The van der Waals surface area contributed by atoms with Gasteiger partial charge in [-0.15, -0.1) is 11.3 Å². The van der Waals surface area contributed by atoms with Crippen LogP contribution >= 0.6 is 22.7 Å². The number of amides is 1. The third-order valence-corrected chi connectivity index (χ3v) is 7.64. The lowest BCUT2D eigenvalue weighted by Crippen LogP contribution is -2.32. The van der Waals surface area contributed by atoms with Gasteiger partial charge in [0.15, 0.2) is 0 Å². The summed E-state index contributed by atoms with van der Waals surface area (Å²) in [5, 5.41) is 4.40. The molecule has 0 spiro atoms. The van der Waals surface area contributed by atoms with Gasteiger partial charge in [-0.3, -0.25) is 9.59 Å². The maximum Gasteiger partial charge on any atom is 0.305 e. The van der Waals surface area contributed by atoms with Crippen LogP contribution in [0.15, 0.2) is 23.3 Å². The van der Waals surface area contributed by atoms with Gasteiger partial charge in [0, 0.05) is 31.0 Å². The van der Waals surface area contributed by atoms with Crippen molar-refractivity contribution in [2.24, 2.45) is 5.92 Å². The molecule has 1 aromatic carbocycles. The van der Waals surface area contributed by atoms with E-state index in [-0.39, 0.29) is 16.7 Å². The van der Waals surface area contributed by atoms with E-state index in [4.69, 9.17) is 4.74 Å². The van der Waals surface area contributed by atoms with E-state index in [0.29, 0.717) is 11.6 Å². The number of nitrogens with zero attached hydrogens (tertiary/aromatic N) is 3. The normalized spacial score (nSPS) is 15.8. The number of hydrogen-bond donors (Lipinski definition) is 2. The molecule has 4 aromatic rings. The SMILES string of the molecule is COc1cc2[nH]c(=O)sc2cc1Nc1ncnc2sc3c(c12)CCC(C(=O)N(C)C)C3. The van der Waals surface area contributed by atoms with Crippen LogP contribution in [0.2, 0.25) is 0 Å². The van der Waals surface area contributed by atoms with Gasteiger partial charge in [-0.2, -0.15) is 0 Å². The summed E-state index contributed by atoms with van der Waals surface area (Å²) in [5.74, 6) is 1.52. The summed E-state index contributed by atoms with van der Waals surface area (Å²) in [7, 11) is 5.21. The number of aromatic nitrogens is 3. The molecule has 0 saturated heterocycles. The monoisotopic (exact) mass is 455 g/mol. The van der Waals surface area contributed by atoms with Crippen LogP contribution < -0.4 is 14.9 Å². The minimum Gasteiger partial charge on any atom is -0.494 e. The lowest BCUT2D eigenvalue weighted by atomic mass is 9.87. The molecule has 3 heterocycles. The van der Waals surface area contributed by atoms with Crippen LogP contribution in [0.1, 0.15) is 16.9 Å². The Kier molecular flexibility index (Phi) is 4.90. The molecule has 0 aliphatic heterocycles. The number of thiophene rings is 1. The number of carbonyl (C=O) groups excluding carboxylic acids is 1. The van der Waals surface area contributed by atoms with E-state index in [1.807, 2.05) is 26.2 Å². The van der Waals surface area contributed by atoms with Crippen molar-refractivity contribution in [1.29, 1.82) is 0 Å². The smallest absolute Gasteiger partial charge is 0.305 e. The van der Waals surface area contributed by atoms with E-state index in [1.165, 1.54) is 10.4 Å². The number of methoxy groups -OCH3 is 1. The number of H-pyrrole nitrogens is 1. The Morgan fingerprint density at radius 2 is 2.13 bits per heavy atom. The molecule has 0 radical (unpaired) electrons. The number of carbonyl (C=O) groups is 1. The molecule has 5 rings (SSSR count). The van der Waals surface area contributed by atoms with E-state index in [2.05, 4.69) is 20.3 Å². The maximum atomic E-state index is 12.5. The summed E-state index contributed by atoms with van der Waals surface area (Å²) in [5.41, 5.74) is 2.70. The van der Waals surface area contributed by atoms with Gasteiger partial charge < -0.3 is 19.9 Å². The van der Waals surface area contributed by atoms with Crippen molar-refractivity contribution < 1.29 is 9.53 Å². The molecule has 8 nitrogen and oxygen atoms in total. The first-order valence-corrected chi connectivity index (χ1v) is 11.5. The van der Waals surface area contributed by atoms with Gasteiger partial charge in [-0.05, 0) is 30.9 Å². The van der Waals surface area contributed by atoms with Crippen molar-refractivity contribution in [3.8, 4) is 5.75 Å². The quantitative estimate of drug-likeness (QED) is 0.488. The molecule has 2 N–H and O–H groups in total. The number of hydrogen-bond acceptors (Lipinski definition) is 8. The number of anilines is 2. The van der Waals surface area contributed by atoms with Crippen LogP contribution in [0.5, 0.6) is 5.75 Å². The van der Waals surface area contributed by atoms with Crippen LogP contribution in [0.25, 0.3) is 20.4 Å². The Bertz CT molecular complexity index is 1370. The van der Waals surface area contributed by atoms with Crippen molar-refractivity contribution in [3.05, 3.63) is 38.6 Å². The van der Waals surface area contributed by atoms with Crippen LogP contribution in [-0.2, 0) is 17.6 Å². The van der Waals surface area contributed by atoms with E-state index in [9.17, 15) is 9.59 Å². The Morgan fingerprint density at radius 1 is 1.29 bits per heavy atom. The lowest BCUT2D eigenvalue weighted by molar-refractivity contribution is -0.133. The topological polar surface area (TPSA) is 100 Å². The predicted molar refractivity (Wildman–Crippen MR) is 124 cm³/mol. The summed E-state index contributed by atoms with van der Waals surface area (Å²) >= 11 is 2.79. The highest BCUT2D eigenvalue weighted by molar-refractivity contribution is 7.19. The highest BCUT2D eigenvalue weighted by atomic mass is 32.1. The second-order valence-electron chi connectivity index (χ2n) is 7.77. The van der Waals surface area contributed by atoms with E-state index in [1.54, 1.807) is 29.7 Å². The van der Waals surface area contributed by atoms with Crippen molar-refractivity contribution in [1.82, 2.24) is 19.9 Å². The summed E-state index contributed by atoms with van der Waals surface area (Å²) in [6.07, 6.45) is 3.92.